The number of hydrogen-bond donors (Lipinski definition) is 0. The van der Waals surface area contributed by atoms with Gasteiger partial charge in [-0.2, -0.15) is 0 Å². The molecular weight excluding hydrogens is 502 g/mol. The molecule has 0 saturated heterocycles. The largest absolute Gasteiger partial charge is 1.00 e. The second-order valence-corrected chi connectivity index (χ2v) is 20.0. The summed E-state index contributed by atoms with van der Waals surface area (Å²) in [5.41, 5.74) is 0. The van der Waals surface area contributed by atoms with Gasteiger partial charge in [-0.1, -0.05) is 0 Å². The van der Waals surface area contributed by atoms with Gasteiger partial charge >= 0.3 is 143 Å². The van der Waals surface area contributed by atoms with Crippen molar-refractivity contribution in [3.63, 3.8) is 0 Å². The monoisotopic (exact) mass is 530 g/mol. The molecule has 4 aliphatic carbocycles. The van der Waals surface area contributed by atoms with Crippen LogP contribution in [0, 0.1) is 23.7 Å². The molecule has 0 amide bonds. The van der Waals surface area contributed by atoms with Crippen molar-refractivity contribution in [2.45, 2.75) is 46.9 Å². The summed E-state index contributed by atoms with van der Waals surface area (Å²) in [6, 6.07) is 0. The first-order valence-electron chi connectivity index (χ1n) is 9.13. The summed E-state index contributed by atoms with van der Waals surface area (Å²) in [4.78, 5) is 0. The van der Waals surface area contributed by atoms with Crippen LogP contribution in [0.1, 0.15) is 39.5 Å². The minimum atomic E-state index is -1.74. The zero-order valence-corrected chi connectivity index (χ0v) is 19.8. The van der Waals surface area contributed by atoms with Crippen molar-refractivity contribution >= 4 is 3.26 Å². The van der Waals surface area contributed by atoms with E-state index in [1.54, 1.807) is 0 Å². The van der Waals surface area contributed by atoms with Crippen molar-refractivity contribution in [2.75, 3.05) is 0 Å². The van der Waals surface area contributed by atoms with Crippen LogP contribution < -0.4 is 24.8 Å². The van der Waals surface area contributed by atoms with Crippen molar-refractivity contribution in [3.05, 3.63) is 48.6 Å². The van der Waals surface area contributed by atoms with Crippen LogP contribution in [-0.4, -0.2) is 3.26 Å². The number of allylic oxidation sites excluding steroid dienone is 8. The quantitative estimate of drug-likeness (QED) is 0.432. The average Bonchev–Trinajstić information content (AvgIpc) is 3.13. The topological polar surface area (TPSA) is 0 Å². The normalized spacial score (nSPS) is 37.7. The molecule has 0 heterocycles. The molecule has 0 radical (unpaired) electrons. The molecule has 130 valence electrons. The van der Waals surface area contributed by atoms with E-state index < -0.39 is 21.0 Å². The van der Waals surface area contributed by atoms with E-state index in [-0.39, 0.29) is 24.8 Å². The molecule has 6 unspecified atom stereocenters. The summed E-state index contributed by atoms with van der Waals surface area (Å²) in [5.74, 6) is 3.52. The molecule has 6 atom stereocenters. The van der Waals surface area contributed by atoms with E-state index in [2.05, 4.69) is 62.5 Å². The van der Waals surface area contributed by atoms with Gasteiger partial charge in [-0.05, 0) is 0 Å². The molecule has 0 nitrogen and oxygen atoms in total. The molecule has 0 spiro atoms. The Morgan fingerprint density at radius 2 is 1.08 bits per heavy atom. The molecule has 0 aromatic rings. The van der Waals surface area contributed by atoms with Gasteiger partial charge in [0.2, 0.25) is 0 Å². The molecule has 2 fully saturated rings. The van der Waals surface area contributed by atoms with E-state index in [9.17, 15) is 0 Å². The zero-order valence-electron chi connectivity index (χ0n) is 14.7. The first-order valence-corrected chi connectivity index (χ1v) is 15.1. The second-order valence-electron chi connectivity index (χ2n) is 7.85. The fourth-order valence-corrected chi connectivity index (χ4v) is 21.9. The molecule has 4 rings (SSSR count). The molecule has 0 aromatic heterocycles. The molecule has 24 heavy (non-hydrogen) atoms. The van der Waals surface area contributed by atoms with E-state index in [0.29, 0.717) is 0 Å². The Hall–Kier alpha value is 0.280. The predicted molar refractivity (Wildman–Crippen MR) is 92.8 cm³/mol. The van der Waals surface area contributed by atoms with Crippen molar-refractivity contribution in [1.29, 1.82) is 0 Å². The van der Waals surface area contributed by atoms with Crippen molar-refractivity contribution in [1.82, 2.24) is 0 Å². The molecule has 3 heteroatoms. The van der Waals surface area contributed by atoms with Gasteiger partial charge in [0.25, 0.3) is 0 Å². The maximum Gasteiger partial charge on any atom is -1.00 e. The minimum Gasteiger partial charge on any atom is -1.00 e. The van der Waals surface area contributed by atoms with Crippen LogP contribution >= 0.6 is 0 Å². The van der Waals surface area contributed by atoms with Crippen LogP contribution in [0.2, 0.25) is 7.35 Å². The number of hydrogen-bond acceptors (Lipinski definition) is 0. The van der Waals surface area contributed by atoms with Crippen LogP contribution in [0.3, 0.4) is 0 Å². The Bertz CT molecular complexity index is 549. The van der Waals surface area contributed by atoms with E-state index in [1.165, 1.54) is 25.7 Å². The van der Waals surface area contributed by atoms with Crippen LogP contribution in [0.4, 0.5) is 0 Å². The Morgan fingerprint density at radius 3 is 1.50 bits per heavy atom. The van der Waals surface area contributed by atoms with Gasteiger partial charge in [0.1, 0.15) is 0 Å². The van der Waals surface area contributed by atoms with Crippen LogP contribution in [0.15, 0.2) is 48.6 Å². The summed E-state index contributed by atoms with van der Waals surface area (Å²) in [7, 11) is 0. The second kappa shape index (κ2) is 8.78. The fraction of sp³-hybridized carbons (Fsp3) is 0.571. The molecule has 0 aliphatic heterocycles. The van der Waals surface area contributed by atoms with Crippen molar-refractivity contribution in [2.24, 2.45) is 23.7 Å². The SMILES string of the molecule is C[C](C)=[Hf+2]([CH]1CCC2C=CC=CC21)[CH]1CCC2C=CC=CC21.[Cl-].[Cl-]. The molecule has 0 bridgehead atoms. The van der Waals surface area contributed by atoms with Gasteiger partial charge < -0.3 is 24.8 Å². The first kappa shape index (κ1) is 20.6. The van der Waals surface area contributed by atoms with Gasteiger partial charge in [0.05, 0.1) is 0 Å². The van der Waals surface area contributed by atoms with Gasteiger partial charge in [-0.3, -0.25) is 0 Å². The molecule has 2 saturated carbocycles. The van der Waals surface area contributed by atoms with Crippen LogP contribution in [0.5, 0.6) is 0 Å². The molecule has 0 aromatic carbocycles. The molecule has 0 N–H and O–H groups in total. The smallest absolute Gasteiger partial charge is 1.00 e. The molecular formula is C21H28Cl2Hf. The van der Waals surface area contributed by atoms with Crippen molar-refractivity contribution < 1.29 is 45.8 Å². The molecule has 4 aliphatic rings. The number of rotatable bonds is 2. The third-order valence-corrected chi connectivity index (χ3v) is 21.3. The van der Waals surface area contributed by atoms with Crippen LogP contribution in [0.25, 0.3) is 0 Å². The summed E-state index contributed by atoms with van der Waals surface area (Å²) in [5, 5.41) is 0. The third-order valence-electron chi connectivity index (χ3n) is 6.52. The summed E-state index contributed by atoms with van der Waals surface area (Å²) in [6.07, 6.45) is 25.3. The van der Waals surface area contributed by atoms with Crippen molar-refractivity contribution in [3.8, 4) is 0 Å². The number of fused-ring (bicyclic) bond motifs is 2. The number of halogens is 2. The summed E-state index contributed by atoms with van der Waals surface area (Å²) >= 11 is -1.74. The Balaban J connectivity index is 0.00000104. The Morgan fingerprint density at radius 1 is 0.667 bits per heavy atom. The maximum atomic E-state index is 2.57. The summed E-state index contributed by atoms with van der Waals surface area (Å²) < 4.78 is 4.07. The Labute approximate surface area is 167 Å². The summed E-state index contributed by atoms with van der Waals surface area (Å²) in [6.45, 7) is 4.99. The van der Waals surface area contributed by atoms with E-state index in [4.69, 9.17) is 0 Å². The van der Waals surface area contributed by atoms with Crippen LogP contribution in [-0.2, 0) is 21.0 Å². The van der Waals surface area contributed by atoms with E-state index in [0.717, 1.165) is 31.0 Å². The zero-order chi connectivity index (χ0) is 15.1. The van der Waals surface area contributed by atoms with E-state index in [1.807, 2.05) is 3.26 Å². The van der Waals surface area contributed by atoms with Gasteiger partial charge in [-0.25, -0.2) is 0 Å². The van der Waals surface area contributed by atoms with Gasteiger partial charge in [0, 0.05) is 0 Å². The average molecular weight is 530 g/mol. The predicted octanol–water partition coefficient (Wildman–Crippen LogP) is -0.294. The minimum absolute atomic E-state index is 0. The third kappa shape index (κ3) is 3.69. The Kier molecular flexibility index (Phi) is 7.53. The van der Waals surface area contributed by atoms with Gasteiger partial charge in [-0.15, -0.1) is 0 Å². The fourth-order valence-electron chi connectivity index (χ4n) is 5.65. The maximum absolute atomic E-state index is 2.57. The van der Waals surface area contributed by atoms with Gasteiger partial charge in [0.15, 0.2) is 0 Å². The standard InChI is InChI=1S/2C9H11.C3H6.2ClH.Hf/c2*1-2-5-9-7-3-6-8(9)4-1;1-3-2;;;/h2*1-2,4-6,8-9H,3,7H2;1-2H3;2*1H;/q;;;;;+2/p-2. The first-order chi connectivity index (χ1) is 10.8. The van der Waals surface area contributed by atoms with E-state index >= 15 is 0 Å².